The average molecular weight is 641 g/mol. The highest BCUT2D eigenvalue weighted by Crippen LogP contribution is 2.45. The van der Waals surface area contributed by atoms with E-state index in [4.69, 9.17) is 28.1 Å². The van der Waals surface area contributed by atoms with Gasteiger partial charge in [0.1, 0.15) is 53.9 Å². The molecular formula is C28H32O17. The van der Waals surface area contributed by atoms with Crippen molar-refractivity contribution in [1.82, 2.24) is 0 Å². The van der Waals surface area contributed by atoms with E-state index < -0.39 is 113 Å². The van der Waals surface area contributed by atoms with Gasteiger partial charge in [-0.15, -0.1) is 0 Å². The number of aromatic hydroxyl groups is 3. The SMILES string of the molecule is COc1cc(-c2oc3c(O)c(OC4OC(C)C(O)C(O)C4O)cc(O)c3c(=O)c2OC2OC(CO)C(O)C(O)C2O)ccc1O. The number of methoxy groups -OCH3 is 1. The Morgan fingerprint density at radius 3 is 2.07 bits per heavy atom. The van der Waals surface area contributed by atoms with Crippen LogP contribution in [0.4, 0.5) is 0 Å². The van der Waals surface area contributed by atoms with Gasteiger partial charge in [-0.2, -0.15) is 0 Å². The molecule has 10 atom stereocenters. The van der Waals surface area contributed by atoms with Crippen molar-refractivity contribution in [2.75, 3.05) is 13.7 Å². The Morgan fingerprint density at radius 1 is 0.778 bits per heavy atom. The lowest BCUT2D eigenvalue weighted by atomic mass is 9.99. The zero-order valence-electron chi connectivity index (χ0n) is 23.6. The van der Waals surface area contributed by atoms with Crippen LogP contribution in [0.1, 0.15) is 6.92 Å². The Kier molecular flexibility index (Phi) is 9.00. The van der Waals surface area contributed by atoms with Gasteiger partial charge in [0.15, 0.2) is 28.6 Å². The van der Waals surface area contributed by atoms with Crippen molar-refractivity contribution < 1.29 is 79.2 Å². The van der Waals surface area contributed by atoms with Crippen LogP contribution in [0.3, 0.4) is 0 Å². The third-order valence-corrected chi connectivity index (χ3v) is 7.62. The second-order valence-corrected chi connectivity index (χ2v) is 10.5. The highest BCUT2D eigenvalue weighted by molar-refractivity contribution is 5.93. The van der Waals surface area contributed by atoms with Gasteiger partial charge >= 0.3 is 0 Å². The fraction of sp³-hybridized carbons (Fsp3) is 0.464. The van der Waals surface area contributed by atoms with E-state index >= 15 is 0 Å². The second-order valence-electron chi connectivity index (χ2n) is 10.5. The van der Waals surface area contributed by atoms with Crippen LogP contribution in [-0.4, -0.2) is 126 Å². The van der Waals surface area contributed by atoms with Crippen molar-refractivity contribution in [2.24, 2.45) is 0 Å². The minimum Gasteiger partial charge on any atom is -0.507 e. The van der Waals surface area contributed by atoms with Crippen LogP contribution in [0, 0.1) is 0 Å². The lowest BCUT2D eigenvalue weighted by molar-refractivity contribution is -0.277. The van der Waals surface area contributed by atoms with Gasteiger partial charge in [0.05, 0.1) is 19.8 Å². The number of rotatable bonds is 7. The zero-order chi connectivity index (χ0) is 32.9. The summed E-state index contributed by atoms with van der Waals surface area (Å²) in [6.45, 7) is 0.590. The van der Waals surface area contributed by atoms with Crippen LogP contribution in [0.2, 0.25) is 0 Å². The van der Waals surface area contributed by atoms with Crippen LogP contribution < -0.4 is 19.6 Å². The Balaban J connectivity index is 1.66. The summed E-state index contributed by atoms with van der Waals surface area (Å²) < 4.78 is 32.9. The van der Waals surface area contributed by atoms with Crippen molar-refractivity contribution in [3.05, 3.63) is 34.5 Å². The van der Waals surface area contributed by atoms with Crippen LogP contribution in [0.25, 0.3) is 22.3 Å². The third-order valence-electron chi connectivity index (χ3n) is 7.62. The minimum absolute atomic E-state index is 0.00887. The summed E-state index contributed by atoms with van der Waals surface area (Å²) in [6.07, 6.45) is -16.4. The molecule has 10 unspecified atom stereocenters. The number of aliphatic hydroxyl groups excluding tert-OH is 7. The summed E-state index contributed by atoms with van der Waals surface area (Å²) in [6, 6.07) is 4.44. The molecule has 0 aliphatic carbocycles. The number of hydrogen-bond donors (Lipinski definition) is 10. The maximum absolute atomic E-state index is 13.9. The Bertz CT molecular complexity index is 1600. The molecule has 0 radical (unpaired) electrons. The fourth-order valence-electron chi connectivity index (χ4n) is 5.02. The normalized spacial score (nSPS) is 31.9. The van der Waals surface area contributed by atoms with Crippen LogP contribution in [0.15, 0.2) is 33.5 Å². The molecule has 246 valence electrons. The van der Waals surface area contributed by atoms with E-state index in [0.29, 0.717) is 0 Å². The first-order chi connectivity index (χ1) is 21.3. The molecule has 0 amide bonds. The summed E-state index contributed by atoms with van der Waals surface area (Å²) in [5.41, 5.74) is -1.82. The van der Waals surface area contributed by atoms with E-state index in [1.807, 2.05) is 0 Å². The molecule has 3 aromatic rings. The maximum Gasteiger partial charge on any atom is 0.239 e. The van der Waals surface area contributed by atoms with Gasteiger partial charge in [0, 0.05) is 11.6 Å². The molecule has 1 aromatic heterocycles. The molecule has 2 aromatic carbocycles. The molecule has 0 saturated carbocycles. The van der Waals surface area contributed by atoms with Crippen molar-refractivity contribution in [3.63, 3.8) is 0 Å². The quantitative estimate of drug-likeness (QED) is 0.125. The molecule has 17 nitrogen and oxygen atoms in total. The minimum atomic E-state index is -1.95. The smallest absolute Gasteiger partial charge is 0.239 e. The summed E-state index contributed by atoms with van der Waals surface area (Å²) in [4.78, 5) is 13.9. The van der Waals surface area contributed by atoms with E-state index in [-0.39, 0.29) is 17.1 Å². The van der Waals surface area contributed by atoms with Crippen LogP contribution >= 0.6 is 0 Å². The lowest BCUT2D eigenvalue weighted by Gasteiger charge is -2.39. The summed E-state index contributed by atoms with van der Waals surface area (Å²) >= 11 is 0. The number of phenolic OH excluding ortho intramolecular Hbond substituents is 3. The molecular weight excluding hydrogens is 608 g/mol. The molecule has 17 heteroatoms. The van der Waals surface area contributed by atoms with Crippen molar-refractivity contribution in [3.8, 4) is 45.8 Å². The lowest BCUT2D eigenvalue weighted by Crippen LogP contribution is -2.60. The predicted molar refractivity (Wildman–Crippen MR) is 147 cm³/mol. The summed E-state index contributed by atoms with van der Waals surface area (Å²) in [5, 5.41) is 102. The Hall–Kier alpha value is -3.91. The van der Waals surface area contributed by atoms with Crippen molar-refractivity contribution in [1.29, 1.82) is 0 Å². The first-order valence-electron chi connectivity index (χ1n) is 13.6. The molecule has 2 saturated heterocycles. The second kappa shape index (κ2) is 12.5. The summed E-state index contributed by atoms with van der Waals surface area (Å²) in [7, 11) is 1.24. The highest BCUT2D eigenvalue weighted by Gasteiger charge is 2.46. The van der Waals surface area contributed by atoms with Gasteiger partial charge in [0.25, 0.3) is 0 Å². The molecule has 2 aliphatic rings. The monoisotopic (exact) mass is 640 g/mol. The van der Waals surface area contributed by atoms with Crippen molar-refractivity contribution in [2.45, 2.75) is 68.3 Å². The maximum atomic E-state index is 13.9. The molecule has 3 heterocycles. The highest BCUT2D eigenvalue weighted by atomic mass is 16.7. The zero-order valence-corrected chi connectivity index (χ0v) is 23.6. The molecule has 45 heavy (non-hydrogen) atoms. The van der Waals surface area contributed by atoms with Gasteiger partial charge in [-0.3, -0.25) is 4.79 Å². The predicted octanol–water partition coefficient (Wildman–Crippen LogP) is -2.03. The largest absolute Gasteiger partial charge is 0.507 e. The molecule has 2 aliphatic heterocycles. The number of fused-ring (bicyclic) bond motifs is 1. The first kappa shape index (κ1) is 32.5. The number of aliphatic hydroxyl groups is 7. The van der Waals surface area contributed by atoms with E-state index in [2.05, 4.69) is 0 Å². The van der Waals surface area contributed by atoms with E-state index in [1.165, 1.54) is 32.2 Å². The summed E-state index contributed by atoms with van der Waals surface area (Å²) in [5.74, 6) is -3.88. The molecule has 10 N–H and O–H groups in total. The van der Waals surface area contributed by atoms with Gasteiger partial charge < -0.3 is 79.2 Å². The van der Waals surface area contributed by atoms with Gasteiger partial charge in [-0.1, -0.05) is 0 Å². The topological polar surface area (TPSA) is 279 Å². The molecule has 0 bridgehead atoms. The average Bonchev–Trinajstić information content (AvgIpc) is 3.02. The number of benzene rings is 2. The van der Waals surface area contributed by atoms with E-state index in [0.717, 1.165) is 6.07 Å². The number of ether oxygens (including phenoxy) is 5. The van der Waals surface area contributed by atoms with E-state index in [1.54, 1.807) is 0 Å². The molecule has 2 fully saturated rings. The van der Waals surface area contributed by atoms with Crippen molar-refractivity contribution >= 4 is 11.0 Å². The number of hydrogen-bond acceptors (Lipinski definition) is 17. The Labute approximate surface area is 252 Å². The van der Waals surface area contributed by atoms with Gasteiger partial charge in [-0.05, 0) is 25.1 Å². The van der Waals surface area contributed by atoms with Gasteiger partial charge in [-0.25, -0.2) is 0 Å². The first-order valence-corrected chi connectivity index (χ1v) is 13.6. The molecule has 5 rings (SSSR count). The van der Waals surface area contributed by atoms with Crippen LogP contribution in [0.5, 0.6) is 34.5 Å². The van der Waals surface area contributed by atoms with Crippen LogP contribution in [-0.2, 0) is 9.47 Å². The standard InChI is InChI=1S/C28H32O17/c1-8-16(32)20(36)22(38)27(41-8)42-13-6-11(31)15-19(35)26(45-28-23(39)21(37)17(33)14(7-29)43-28)24(44-25(15)18(13)34)9-3-4-10(30)12(5-9)40-2/h3-6,8,14,16-17,20-23,27-34,36-39H,7H2,1-2H3. The third kappa shape index (κ3) is 5.69. The van der Waals surface area contributed by atoms with Gasteiger partial charge in [0.2, 0.25) is 29.5 Å². The fourth-order valence-corrected chi connectivity index (χ4v) is 5.02. The molecule has 0 spiro atoms. The Morgan fingerprint density at radius 2 is 1.42 bits per heavy atom. The number of phenols is 3. The van der Waals surface area contributed by atoms with E-state index in [9.17, 15) is 55.9 Å².